The monoisotopic (exact) mass is 341 g/mol. The molecule has 2 heterocycles. The molecule has 0 aliphatic carbocycles. The number of rotatable bonds is 6. The number of hydrogen-bond donors (Lipinski definition) is 2. The van der Waals surface area contributed by atoms with Crippen LogP contribution in [-0.2, 0) is 29.7 Å². The topological polar surface area (TPSA) is 93.2 Å². The maximum absolute atomic E-state index is 12.7. The van der Waals surface area contributed by atoms with E-state index in [1.54, 1.807) is 4.68 Å². The van der Waals surface area contributed by atoms with E-state index in [0.717, 1.165) is 11.3 Å². The molecule has 3 rings (SSSR count). The Kier molecular flexibility index (Phi) is 5.14. The molecule has 0 saturated carbocycles. The number of nitrogens with two attached hydrogens (primary N) is 1. The first-order valence-electron chi connectivity index (χ1n) is 8.40. The van der Waals surface area contributed by atoms with Crippen molar-refractivity contribution in [3.63, 3.8) is 0 Å². The minimum absolute atomic E-state index is 0.0923. The van der Waals surface area contributed by atoms with Crippen molar-refractivity contribution in [3.05, 3.63) is 53.9 Å². The van der Waals surface area contributed by atoms with Gasteiger partial charge in [-0.3, -0.25) is 19.2 Å². The number of benzene rings is 1. The third-order valence-corrected chi connectivity index (χ3v) is 4.57. The zero-order valence-corrected chi connectivity index (χ0v) is 14.3. The van der Waals surface area contributed by atoms with Crippen LogP contribution in [0.25, 0.3) is 0 Å². The predicted octanol–water partition coefficient (Wildman–Crippen LogP) is 0.555. The molecule has 2 atom stereocenters. The molecule has 3 N–H and O–H groups in total. The van der Waals surface area contributed by atoms with Crippen LogP contribution in [0.15, 0.2) is 42.6 Å². The van der Waals surface area contributed by atoms with Crippen molar-refractivity contribution in [2.24, 2.45) is 12.8 Å². The molecule has 0 bridgehead atoms. The molecule has 25 heavy (non-hydrogen) atoms. The number of aryl methyl sites for hydroxylation is 1. The highest BCUT2D eigenvalue weighted by molar-refractivity contribution is 5.86. The minimum atomic E-state index is -0.411. The summed E-state index contributed by atoms with van der Waals surface area (Å²) in [5.74, 6) is -0.471. The summed E-state index contributed by atoms with van der Waals surface area (Å²) in [6.07, 6.45) is 3.06. The van der Waals surface area contributed by atoms with Crippen molar-refractivity contribution < 1.29 is 9.59 Å². The van der Waals surface area contributed by atoms with Crippen LogP contribution >= 0.6 is 0 Å². The maximum Gasteiger partial charge on any atom is 0.237 e. The van der Waals surface area contributed by atoms with Gasteiger partial charge in [0.25, 0.3) is 0 Å². The number of nitrogens with zero attached hydrogens (tertiary/aromatic N) is 3. The van der Waals surface area contributed by atoms with Crippen LogP contribution in [0.5, 0.6) is 0 Å². The fourth-order valence-corrected chi connectivity index (χ4v) is 3.32. The molecule has 1 fully saturated rings. The molecule has 7 nitrogen and oxygen atoms in total. The first-order valence-corrected chi connectivity index (χ1v) is 8.40. The van der Waals surface area contributed by atoms with Crippen LogP contribution < -0.4 is 11.1 Å². The number of carbonyl (C=O) groups excluding carboxylic acids is 2. The fraction of sp³-hybridized carbons (Fsp3) is 0.389. The number of aromatic nitrogens is 2. The number of nitrogens with one attached hydrogen (secondary N) is 1. The second-order valence-electron chi connectivity index (χ2n) is 6.37. The van der Waals surface area contributed by atoms with E-state index in [-0.39, 0.29) is 17.9 Å². The summed E-state index contributed by atoms with van der Waals surface area (Å²) in [6.45, 7) is 0.896. The first kappa shape index (κ1) is 17.2. The Morgan fingerprint density at radius 2 is 1.92 bits per heavy atom. The number of hydrogen-bond acceptors (Lipinski definition) is 4. The number of primary amides is 1. The molecule has 2 amide bonds. The summed E-state index contributed by atoms with van der Waals surface area (Å²) in [6, 6.07) is 10.9. The van der Waals surface area contributed by atoms with Gasteiger partial charge in [-0.15, -0.1) is 0 Å². The van der Waals surface area contributed by atoms with Crippen LogP contribution in [0.2, 0.25) is 0 Å². The van der Waals surface area contributed by atoms with Crippen molar-refractivity contribution in [1.29, 1.82) is 0 Å². The van der Waals surface area contributed by atoms with Gasteiger partial charge in [-0.1, -0.05) is 30.3 Å². The Hall–Kier alpha value is -2.67. The van der Waals surface area contributed by atoms with E-state index in [1.807, 2.05) is 54.5 Å². The number of likely N-dealkylation sites (tertiary alicyclic amines) is 1. The van der Waals surface area contributed by atoms with Crippen LogP contribution in [0.4, 0.5) is 0 Å². The van der Waals surface area contributed by atoms with Crippen molar-refractivity contribution in [3.8, 4) is 0 Å². The van der Waals surface area contributed by atoms with Crippen LogP contribution in [0.1, 0.15) is 24.1 Å². The molecule has 132 valence electrons. The van der Waals surface area contributed by atoms with Gasteiger partial charge in [-0.05, 0) is 24.5 Å². The highest BCUT2D eigenvalue weighted by Gasteiger charge is 2.40. The summed E-state index contributed by atoms with van der Waals surface area (Å²) in [5, 5.41) is 7.17. The standard InChI is InChI=1S/C18H23N5O2/c1-22-10-9-14(21-22)11-20-18(25)16-8-7-15(17(19)24)23(16)12-13-5-3-2-4-6-13/h2-6,9-10,15-16H,7-8,11-12H2,1H3,(H2,19,24)(H,20,25)/t15-,16+/m0/s1. The van der Waals surface area contributed by atoms with Crippen molar-refractivity contribution in [1.82, 2.24) is 20.0 Å². The molecule has 1 aliphatic heterocycles. The lowest BCUT2D eigenvalue weighted by Gasteiger charge is -2.27. The largest absolute Gasteiger partial charge is 0.368 e. The number of amides is 2. The molecule has 1 aromatic heterocycles. The van der Waals surface area contributed by atoms with E-state index in [0.29, 0.717) is 25.9 Å². The van der Waals surface area contributed by atoms with Gasteiger partial charge in [0.2, 0.25) is 11.8 Å². The van der Waals surface area contributed by atoms with Gasteiger partial charge in [-0.25, -0.2) is 0 Å². The van der Waals surface area contributed by atoms with Crippen LogP contribution in [0.3, 0.4) is 0 Å². The second kappa shape index (κ2) is 7.48. The lowest BCUT2D eigenvalue weighted by molar-refractivity contribution is -0.128. The fourth-order valence-electron chi connectivity index (χ4n) is 3.32. The molecule has 0 spiro atoms. The van der Waals surface area contributed by atoms with E-state index >= 15 is 0 Å². The quantitative estimate of drug-likeness (QED) is 0.803. The Morgan fingerprint density at radius 3 is 2.56 bits per heavy atom. The van der Waals surface area contributed by atoms with E-state index < -0.39 is 6.04 Å². The summed E-state index contributed by atoms with van der Waals surface area (Å²) >= 11 is 0. The van der Waals surface area contributed by atoms with E-state index in [9.17, 15) is 9.59 Å². The van der Waals surface area contributed by atoms with E-state index in [4.69, 9.17) is 5.73 Å². The zero-order valence-electron chi connectivity index (χ0n) is 14.3. The average molecular weight is 341 g/mol. The molecule has 0 unspecified atom stereocenters. The summed E-state index contributed by atoms with van der Waals surface area (Å²) < 4.78 is 1.70. The van der Waals surface area contributed by atoms with Gasteiger partial charge in [0.05, 0.1) is 24.3 Å². The minimum Gasteiger partial charge on any atom is -0.368 e. The zero-order chi connectivity index (χ0) is 17.8. The Balaban J connectivity index is 1.69. The third kappa shape index (κ3) is 4.06. The van der Waals surface area contributed by atoms with Gasteiger partial charge >= 0.3 is 0 Å². The highest BCUT2D eigenvalue weighted by Crippen LogP contribution is 2.26. The highest BCUT2D eigenvalue weighted by atomic mass is 16.2. The molecule has 2 aromatic rings. The van der Waals surface area contributed by atoms with E-state index in [2.05, 4.69) is 10.4 Å². The van der Waals surface area contributed by atoms with Gasteiger partial charge in [0.15, 0.2) is 0 Å². The van der Waals surface area contributed by atoms with E-state index in [1.165, 1.54) is 0 Å². The Labute approximate surface area is 146 Å². The summed E-state index contributed by atoms with van der Waals surface area (Å²) in [4.78, 5) is 26.4. The Morgan fingerprint density at radius 1 is 1.20 bits per heavy atom. The lowest BCUT2D eigenvalue weighted by atomic mass is 10.1. The van der Waals surface area contributed by atoms with Gasteiger partial charge in [0, 0.05) is 19.8 Å². The first-order chi connectivity index (χ1) is 12.0. The summed E-state index contributed by atoms with van der Waals surface area (Å²) in [5.41, 5.74) is 7.40. The van der Waals surface area contributed by atoms with Crippen molar-refractivity contribution in [2.75, 3.05) is 0 Å². The van der Waals surface area contributed by atoms with Crippen molar-refractivity contribution in [2.45, 2.75) is 38.0 Å². The predicted molar refractivity (Wildman–Crippen MR) is 93.0 cm³/mol. The van der Waals surface area contributed by atoms with Crippen LogP contribution in [-0.4, -0.2) is 38.6 Å². The van der Waals surface area contributed by atoms with Crippen molar-refractivity contribution >= 4 is 11.8 Å². The maximum atomic E-state index is 12.7. The number of carbonyl (C=O) groups is 2. The molecule has 1 aliphatic rings. The molecule has 1 aromatic carbocycles. The molecular formula is C18H23N5O2. The SMILES string of the molecule is Cn1ccc(CNC(=O)[C@H]2CC[C@@H](C(N)=O)N2Cc2ccccc2)n1. The average Bonchev–Trinajstić information content (AvgIpc) is 3.20. The van der Waals surface area contributed by atoms with Gasteiger partial charge in [-0.2, -0.15) is 5.10 Å². The normalized spacial score (nSPS) is 20.5. The van der Waals surface area contributed by atoms with Crippen LogP contribution in [0, 0.1) is 0 Å². The smallest absolute Gasteiger partial charge is 0.237 e. The molecule has 7 heteroatoms. The summed E-state index contributed by atoms with van der Waals surface area (Å²) in [7, 11) is 1.83. The van der Waals surface area contributed by atoms with Gasteiger partial charge in [0.1, 0.15) is 0 Å². The van der Waals surface area contributed by atoms with Gasteiger partial charge < -0.3 is 11.1 Å². The molecule has 1 saturated heterocycles. The molecule has 0 radical (unpaired) electrons. The second-order valence-corrected chi connectivity index (χ2v) is 6.37. The third-order valence-electron chi connectivity index (χ3n) is 4.57. The molecular weight excluding hydrogens is 318 g/mol. The lowest BCUT2D eigenvalue weighted by Crippen LogP contribution is -2.49. The Bertz CT molecular complexity index is 743.